The van der Waals surface area contributed by atoms with Gasteiger partial charge in [0, 0.05) is 18.1 Å². The Morgan fingerprint density at radius 1 is 1.10 bits per heavy atom. The summed E-state index contributed by atoms with van der Waals surface area (Å²) in [5.74, 6) is -0.130. The molecule has 0 radical (unpaired) electrons. The Hall–Kier alpha value is -1.26. The molecule has 3 nitrogen and oxygen atoms in total. The number of thioether (sulfide) groups is 1. The Balaban J connectivity index is 1.73. The summed E-state index contributed by atoms with van der Waals surface area (Å²) >= 11 is 7.36. The summed E-state index contributed by atoms with van der Waals surface area (Å²) in [5, 5.41) is 1.56. The van der Waals surface area contributed by atoms with E-state index in [1.54, 1.807) is 0 Å². The van der Waals surface area contributed by atoms with Crippen LogP contribution in [0.4, 0.5) is 0 Å². The summed E-state index contributed by atoms with van der Waals surface area (Å²) in [7, 11) is 0. The van der Waals surface area contributed by atoms with Crippen molar-refractivity contribution >= 4 is 40.5 Å². The molecule has 21 heavy (non-hydrogen) atoms. The van der Waals surface area contributed by atoms with Crippen molar-refractivity contribution in [1.29, 1.82) is 0 Å². The zero-order chi connectivity index (χ0) is 14.7. The number of halogens is 1. The molecule has 0 spiro atoms. The number of amides is 1. The van der Waals surface area contributed by atoms with Crippen LogP contribution in [-0.2, 0) is 4.79 Å². The maximum atomic E-state index is 12.1. The number of hydrogen-bond donors (Lipinski definition) is 0. The lowest BCUT2D eigenvalue weighted by molar-refractivity contribution is -0.113. The van der Waals surface area contributed by atoms with Gasteiger partial charge in [-0.1, -0.05) is 36.6 Å². The molecule has 1 saturated heterocycles. The van der Waals surface area contributed by atoms with E-state index in [1.165, 1.54) is 37.4 Å². The number of benzene rings is 1. The number of nitrogens with zero attached hydrogens (tertiary/aromatic N) is 2. The van der Waals surface area contributed by atoms with Crippen molar-refractivity contribution in [2.45, 2.75) is 25.7 Å². The number of hydrogen-bond acceptors (Lipinski definition) is 3. The fraction of sp³-hybridized carbons (Fsp3) is 0.375. The maximum absolute atomic E-state index is 12.1. The first-order valence-electron chi connectivity index (χ1n) is 7.25. The molecule has 0 unspecified atom stereocenters. The molecule has 0 aromatic heterocycles. The lowest BCUT2D eigenvalue weighted by Crippen LogP contribution is -2.28. The van der Waals surface area contributed by atoms with E-state index in [4.69, 9.17) is 11.6 Å². The normalized spacial score (nSPS) is 21.6. The van der Waals surface area contributed by atoms with Gasteiger partial charge in [-0.3, -0.25) is 4.79 Å². The van der Waals surface area contributed by atoms with E-state index in [0.717, 1.165) is 23.8 Å². The van der Waals surface area contributed by atoms with Crippen LogP contribution in [0.1, 0.15) is 31.2 Å². The van der Waals surface area contributed by atoms with Crippen LogP contribution < -0.4 is 0 Å². The highest BCUT2D eigenvalue weighted by molar-refractivity contribution is 8.18. The van der Waals surface area contributed by atoms with Crippen LogP contribution in [0.2, 0.25) is 5.02 Å². The van der Waals surface area contributed by atoms with E-state index in [0.29, 0.717) is 9.93 Å². The topological polar surface area (TPSA) is 32.7 Å². The molecule has 1 aromatic rings. The molecule has 1 aromatic carbocycles. The first kappa shape index (κ1) is 14.7. The summed E-state index contributed by atoms with van der Waals surface area (Å²) in [4.78, 5) is 19.2. The monoisotopic (exact) mass is 320 g/mol. The van der Waals surface area contributed by atoms with E-state index < -0.39 is 0 Å². The second kappa shape index (κ2) is 6.67. The molecule has 110 valence electrons. The Bertz CT molecular complexity index is 587. The third-order valence-electron chi connectivity index (χ3n) is 3.65. The smallest absolute Gasteiger partial charge is 0.286 e. The van der Waals surface area contributed by atoms with Crippen molar-refractivity contribution in [2.24, 2.45) is 4.99 Å². The highest BCUT2D eigenvalue weighted by Crippen LogP contribution is 2.31. The molecule has 2 heterocycles. The third-order valence-corrected chi connectivity index (χ3v) is 4.95. The van der Waals surface area contributed by atoms with E-state index in [-0.39, 0.29) is 5.91 Å². The highest BCUT2D eigenvalue weighted by atomic mass is 35.5. The maximum Gasteiger partial charge on any atom is 0.286 e. The van der Waals surface area contributed by atoms with E-state index in [2.05, 4.69) is 9.89 Å². The first-order chi connectivity index (χ1) is 10.2. The van der Waals surface area contributed by atoms with Crippen molar-refractivity contribution in [3.63, 3.8) is 0 Å². The van der Waals surface area contributed by atoms with Gasteiger partial charge in [-0.25, -0.2) is 0 Å². The standard InChI is InChI=1S/C16H17ClN2OS/c17-13-7-5-12(6-8-13)11-14-15(20)18-16(21-14)19-9-3-1-2-4-10-19/h5-8,11H,1-4,9-10H2/b14-11-. The Labute approximate surface area is 134 Å². The first-order valence-corrected chi connectivity index (χ1v) is 8.45. The average Bonchev–Trinajstić information content (AvgIpc) is 2.69. The highest BCUT2D eigenvalue weighted by Gasteiger charge is 2.26. The van der Waals surface area contributed by atoms with Gasteiger partial charge >= 0.3 is 0 Å². The lowest BCUT2D eigenvalue weighted by Gasteiger charge is -2.20. The third kappa shape index (κ3) is 3.69. The van der Waals surface area contributed by atoms with Crippen molar-refractivity contribution in [2.75, 3.05) is 13.1 Å². The van der Waals surface area contributed by atoms with E-state index >= 15 is 0 Å². The SMILES string of the molecule is O=C1N=C(N2CCCCCC2)S/C1=C\c1ccc(Cl)cc1. The van der Waals surface area contributed by atoms with Crippen LogP contribution in [0, 0.1) is 0 Å². The second-order valence-corrected chi connectivity index (χ2v) is 6.71. The van der Waals surface area contributed by atoms with E-state index in [1.807, 2.05) is 30.3 Å². The minimum absolute atomic E-state index is 0.130. The largest absolute Gasteiger partial charge is 0.351 e. The second-order valence-electron chi connectivity index (χ2n) is 5.26. The minimum atomic E-state index is -0.130. The van der Waals surface area contributed by atoms with Gasteiger partial charge in [0.05, 0.1) is 4.91 Å². The Morgan fingerprint density at radius 2 is 1.76 bits per heavy atom. The fourth-order valence-corrected chi connectivity index (χ4v) is 3.60. The van der Waals surface area contributed by atoms with Gasteiger partial charge in [0.25, 0.3) is 5.91 Å². The summed E-state index contributed by atoms with van der Waals surface area (Å²) in [6.07, 6.45) is 6.80. The Morgan fingerprint density at radius 3 is 2.43 bits per heavy atom. The van der Waals surface area contributed by atoms with Gasteiger partial charge in [-0.2, -0.15) is 4.99 Å². The molecule has 3 rings (SSSR count). The van der Waals surface area contributed by atoms with Crippen LogP contribution in [0.5, 0.6) is 0 Å². The summed E-state index contributed by atoms with van der Waals surface area (Å²) in [5.41, 5.74) is 0.975. The van der Waals surface area contributed by atoms with Gasteiger partial charge in [-0.15, -0.1) is 0 Å². The molecule has 0 atom stereocenters. The molecule has 0 N–H and O–H groups in total. The van der Waals surface area contributed by atoms with Gasteiger partial charge in [0.15, 0.2) is 5.17 Å². The van der Waals surface area contributed by atoms with Gasteiger partial charge < -0.3 is 4.90 Å². The van der Waals surface area contributed by atoms with Gasteiger partial charge in [-0.05, 0) is 48.4 Å². The molecular weight excluding hydrogens is 304 g/mol. The van der Waals surface area contributed by atoms with Crippen molar-refractivity contribution < 1.29 is 4.79 Å². The molecule has 2 aliphatic rings. The number of aliphatic imine (C=N–C) groups is 1. The Kier molecular flexibility index (Phi) is 4.66. The summed E-state index contributed by atoms with van der Waals surface area (Å²) in [6.45, 7) is 2.01. The van der Waals surface area contributed by atoms with Crippen molar-refractivity contribution in [1.82, 2.24) is 4.90 Å². The van der Waals surface area contributed by atoms with Crippen molar-refractivity contribution in [3.05, 3.63) is 39.8 Å². The zero-order valence-electron chi connectivity index (χ0n) is 11.7. The van der Waals surface area contributed by atoms with Gasteiger partial charge in [0.2, 0.25) is 0 Å². The summed E-state index contributed by atoms with van der Waals surface area (Å²) < 4.78 is 0. The number of amidine groups is 1. The predicted octanol–water partition coefficient (Wildman–Crippen LogP) is 4.19. The number of carbonyl (C=O) groups is 1. The fourth-order valence-electron chi connectivity index (χ4n) is 2.51. The molecule has 0 bridgehead atoms. The molecular formula is C16H17ClN2OS. The number of likely N-dealkylation sites (tertiary alicyclic amines) is 1. The van der Waals surface area contributed by atoms with Crippen LogP contribution in [0.3, 0.4) is 0 Å². The number of rotatable bonds is 1. The molecule has 1 fully saturated rings. The van der Waals surface area contributed by atoms with Crippen LogP contribution in [-0.4, -0.2) is 29.1 Å². The molecule has 0 saturated carbocycles. The number of carbonyl (C=O) groups excluding carboxylic acids is 1. The molecule has 5 heteroatoms. The van der Waals surface area contributed by atoms with Crippen LogP contribution in [0.15, 0.2) is 34.2 Å². The summed E-state index contributed by atoms with van der Waals surface area (Å²) in [6, 6.07) is 7.48. The van der Waals surface area contributed by atoms with Crippen molar-refractivity contribution in [3.8, 4) is 0 Å². The van der Waals surface area contributed by atoms with Crippen LogP contribution in [0.25, 0.3) is 6.08 Å². The lowest BCUT2D eigenvalue weighted by atomic mass is 10.2. The van der Waals surface area contributed by atoms with E-state index in [9.17, 15) is 4.79 Å². The molecule has 1 amide bonds. The zero-order valence-corrected chi connectivity index (χ0v) is 13.3. The van der Waals surface area contributed by atoms with Gasteiger partial charge in [0.1, 0.15) is 0 Å². The predicted molar refractivity (Wildman–Crippen MR) is 89.5 cm³/mol. The quantitative estimate of drug-likeness (QED) is 0.727. The molecule has 2 aliphatic heterocycles. The van der Waals surface area contributed by atoms with Crippen LogP contribution >= 0.6 is 23.4 Å². The average molecular weight is 321 g/mol. The minimum Gasteiger partial charge on any atom is -0.351 e. The molecule has 0 aliphatic carbocycles.